The summed E-state index contributed by atoms with van der Waals surface area (Å²) in [6.45, 7) is 5.98. The first-order valence-corrected chi connectivity index (χ1v) is 6.50. The predicted octanol–water partition coefficient (Wildman–Crippen LogP) is 0.297. The van der Waals surface area contributed by atoms with Crippen LogP contribution < -0.4 is 5.32 Å². The standard InChI is InChI=1S/C12H22N2O5/c1-3-18-9(2)7-13-12(17)14-4-5-19-10(8-14)6-11(15)16/h9-10H,3-8H2,1-2H3,(H,13,17)(H,15,16). The fraction of sp³-hybridized carbons (Fsp3) is 0.833. The van der Waals surface area contributed by atoms with Crippen LogP contribution in [0, 0.1) is 0 Å². The summed E-state index contributed by atoms with van der Waals surface area (Å²) in [7, 11) is 0. The number of nitrogens with zero attached hydrogens (tertiary/aromatic N) is 1. The van der Waals surface area contributed by atoms with Gasteiger partial charge >= 0.3 is 12.0 Å². The van der Waals surface area contributed by atoms with E-state index in [1.54, 1.807) is 4.90 Å². The Balaban J connectivity index is 2.33. The molecule has 2 atom stereocenters. The van der Waals surface area contributed by atoms with Crippen molar-refractivity contribution in [1.82, 2.24) is 10.2 Å². The molecule has 0 saturated carbocycles. The molecule has 2 unspecified atom stereocenters. The molecular weight excluding hydrogens is 252 g/mol. The minimum atomic E-state index is -0.919. The number of carbonyl (C=O) groups excluding carboxylic acids is 1. The highest BCUT2D eigenvalue weighted by Crippen LogP contribution is 2.08. The highest BCUT2D eigenvalue weighted by atomic mass is 16.5. The van der Waals surface area contributed by atoms with Gasteiger partial charge in [-0.15, -0.1) is 0 Å². The number of nitrogens with one attached hydrogen (secondary N) is 1. The van der Waals surface area contributed by atoms with E-state index in [9.17, 15) is 9.59 Å². The number of amides is 2. The van der Waals surface area contributed by atoms with Gasteiger partial charge in [0.2, 0.25) is 0 Å². The molecule has 0 spiro atoms. The second-order valence-electron chi connectivity index (χ2n) is 4.49. The number of morpholine rings is 1. The second-order valence-corrected chi connectivity index (χ2v) is 4.49. The topological polar surface area (TPSA) is 88.1 Å². The van der Waals surface area contributed by atoms with E-state index in [2.05, 4.69) is 5.32 Å². The zero-order chi connectivity index (χ0) is 14.3. The average Bonchev–Trinajstić information content (AvgIpc) is 2.36. The number of urea groups is 1. The molecule has 0 aliphatic carbocycles. The molecule has 2 N–H and O–H groups in total. The first-order valence-electron chi connectivity index (χ1n) is 6.50. The molecule has 7 nitrogen and oxygen atoms in total. The lowest BCUT2D eigenvalue weighted by Gasteiger charge is -2.32. The fourth-order valence-electron chi connectivity index (χ4n) is 1.91. The Morgan fingerprint density at radius 3 is 2.95 bits per heavy atom. The molecule has 1 fully saturated rings. The fourth-order valence-corrected chi connectivity index (χ4v) is 1.91. The molecule has 19 heavy (non-hydrogen) atoms. The van der Waals surface area contributed by atoms with Gasteiger partial charge in [-0.05, 0) is 13.8 Å². The summed E-state index contributed by atoms with van der Waals surface area (Å²) in [4.78, 5) is 24.1. The Kier molecular flexibility index (Phi) is 6.58. The van der Waals surface area contributed by atoms with Crippen molar-refractivity contribution in [3.63, 3.8) is 0 Å². The molecule has 1 aliphatic heterocycles. The van der Waals surface area contributed by atoms with Gasteiger partial charge in [-0.25, -0.2) is 4.79 Å². The average molecular weight is 274 g/mol. The Labute approximate surface area is 112 Å². The first-order chi connectivity index (χ1) is 9.02. The van der Waals surface area contributed by atoms with Crippen LogP contribution in [0.5, 0.6) is 0 Å². The Bertz CT molecular complexity index is 310. The third kappa shape index (κ3) is 5.89. The van der Waals surface area contributed by atoms with Gasteiger partial charge in [0.25, 0.3) is 0 Å². The number of hydrogen-bond donors (Lipinski definition) is 2. The zero-order valence-corrected chi connectivity index (χ0v) is 11.4. The molecule has 0 aromatic heterocycles. The lowest BCUT2D eigenvalue weighted by Crippen LogP contribution is -2.51. The molecule has 1 rings (SSSR count). The van der Waals surface area contributed by atoms with Gasteiger partial charge in [0, 0.05) is 26.2 Å². The van der Waals surface area contributed by atoms with Gasteiger partial charge in [0.1, 0.15) is 0 Å². The highest BCUT2D eigenvalue weighted by Gasteiger charge is 2.25. The Hall–Kier alpha value is -1.34. The highest BCUT2D eigenvalue weighted by molar-refractivity contribution is 5.74. The number of hydrogen-bond acceptors (Lipinski definition) is 4. The molecule has 7 heteroatoms. The Morgan fingerprint density at radius 1 is 1.58 bits per heavy atom. The largest absolute Gasteiger partial charge is 0.481 e. The molecule has 0 aromatic carbocycles. The molecule has 0 bridgehead atoms. The van der Waals surface area contributed by atoms with Gasteiger partial charge in [0.15, 0.2) is 0 Å². The van der Waals surface area contributed by atoms with Crippen LogP contribution in [0.1, 0.15) is 20.3 Å². The van der Waals surface area contributed by atoms with Crippen LogP contribution in [0.3, 0.4) is 0 Å². The van der Waals surface area contributed by atoms with E-state index in [1.165, 1.54) is 0 Å². The summed E-state index contributed by atoms with van der Waals surface area (Å²) in [6, 6.07) is -0.203. The smallest absolute Gasteiger partial charge is 0.317 e. The maximum atomic E-state index is 11.9. The first kappa shape index (κ1) is 15.7. The van der Waals surface area contributed by atoms with Gasteiger partial charge in [-0.1, -0.05) is 0 Å². The minimum Gasteiger partial charge on any atom is -0.481 e. The summed E-state index contributed by atoms with van der Waals surface area (Å²) in [5.41, 5.74) is 0. The van der Waals surface area contributed by atoms with E-state index in [1.807, 2.05) is 13.8 Å². The van der Waals surface area contributed by atoms with E-state index < -0.39 is 12.1 Å². The molecule has 1 heterocycles. The molecule has 1 aliphatic rings. The van der Waals surface area contributed by atoms with Crippen LogP contribution in [0.25, 0.3) is 0 Å². The van der Waals surface area contributed by atoms with Crippen molar-refractivity contribution in [3.8, 4) is 0 Å². The quantitative estimate of drug-likeness (QED) is 0.727. The number of carboxylic acid groups (broad SMARTS) is 1. The number of aliphatic carboxylic acids is 1. The lowest BCUT2D eigenvalue weighted by molar-refractivity contribution is -0.141. The number of ether oxygens (including phenoxy) is 2. The van der Waals surface area contributed by atoms with Crippen molar-refractivity contribution in [2.24, 2.45) is 0 Å². The lowest BCUT2D eigenvalue weighted by atomic mass is 10.2. The minimum absolute atomic E-state index is 0.0372. The normalized spacial score (nSPS) is 20.9. The van der Waals surface area contributed by atoms with Gasteiger partial charge in [-0.2, -0.15) is 0 Å². The molecule has 0 radical (unpaired) electrons. The summed E-state index contributed by atoms with van der Waals surface area (Å²) >= 11 is 0. The van der Waals surface area contributed by atoms with E-state index in [0.717, 1.165) is 0 Å². The number of carboxylic acids is 1. The van der Waals surface area contributed by atoms with Crippen molar-refractivity contribution >= 4 is 12.0 Å². The van der Waals surface area contributed by atoms with Gasteiger partial charge < -0.3 is 24.8 Å². The van der Waals surface area contributed by atoms with Crippen LogP contribution in [0.4, 0.5) is 4.79 Å². The van der Waals surface area contributed by atoms with Crippen molar-refractivity contribution in [2.45, 2.75) is 32.5 Å². The van der Waals surface area contributed by atoms with E-state index in [4.69, 9.17) is 14.6 Å². The molecule has 0 aromatic rings. The van der Waals surface area contributed by atoms with Crippen molar-refractivity contribution in [2.75, 3.05) is 32.8 Å². The molecular formula is C12H22N2O5. The van der Waals surface area contributed by atoms with Crippen molar-refractivity contribution in [3.05, 3.63) is 0 Å². The van der Waals surface area contributed by atoms with E-state index >= 15 is 0 Å². The van der Waals surface area contributed by atoms with E-state index in [0.29, 0.717) is 32.8 Å². The second kappa shape index (κ2) is 7.96. The monoisotopic (exact) mass is 274 g/mol. The summed E-state index contributed by atoms with van der Waals surface area (Å²) < 4.78 is 10.6. The summed E-state index contributed by atoms with van der Waals surface area (Å²) in [5.74, 6) is -0.919. The maximum absolute atomic E-state index is 11.9. The van der Waals surface area contributed by atoms with E-state index in [-0.39, 0.29) is 18.6 Å². The third-order valence-corrected chi connectivity index (χ3v) is 2.82. The van der Waals surface area contributed by atoms with Crippen LogP contribution in [0.15, 0.2) is 0 Å². The number of rotatable bonds is 6. The Morgan fingerprint density at radius 2 is 2.32 bits per heavy atom. The summed E-state index contributed by atoms with van der Waals surface area (Å²) in [6.07, 6.45) is -0.551. The van der Waals surface area contributed by atoms with Crippen LogP contribution >= 0.6 is 0 Å². The van der Waals surface area contributed by atoms with Crippen LogP contribution in [-0.4, -0.2) is 67.1 Å². The van der Waals surface area contributed by atoms with Gasteiger partial charge in [-0.3, -0.25) is 4.79 Å². The van der Waals surface area contributed by atoms with Crippen molar-refractivity contribution in [1.29, 1.82) is 0 Å². The van der Waals surface area contributed by atoms with Crippen LogP contribution in [0.2, 0.25) is 0 Å². The molecule has 2 amide bonds. The summed E-state index contributed by atoms with van der Waals surface area (Å²) in [5, 5.41) is 11.5. The molecule has 1 saturated heterocycles. The van der Waals surface area contributed by atoms with Gasteiger partial charge in [0.05, 0.1) is 25.2 Å². The SMILES string of the molecule is CCOC(C)CNC(=O)N1CCOC(CC(=O)O)C1. The zero-order valence-electron chi connectivity index (χ0n) is 11.4. The predicted molar refractivity (Wildman–Crippen MR) is 68.1 cm³/mol. The third-order valence-electron chi connectivity index (χ3n) is 2.82. The van der Waals surface area contributed by atoms with Crippen LogP contribution in [-0.2, 0) is 14.3 Å². The molecule has 110 valence electrons. The number of carbonyl (C=O) groups is 2. The maximum Gasteiger partial charge on any atom is 0.317 e. The van der Waals surface area contributed by atoms with Crippen molar-refractivity contribution < 1.29 is 24.2 Å².